The molecule has 1 aromatic carbocycles. The normalized spacial score (nSPS) is 16.0. The molecule has 1 aliphatic rings. The maximum Gasteiger partial charge on any atom is 0.251 e. The van der Waals surface area contributed by atoms with Crippen LogP contribution in [-0.2, 0) is 10.0 Å². The number of piperidine rings is 1. The van der Waals surface area contributed by atoms with E-state index in [2.05, 4.69) is 15.4 Å². The van der Waals surface area contributed by atoms with Gasteiger partial charge < -0.3 is 10.6 Å². The summed E-state index contributed by atoms with van der Waals surface area (Å²) in [6.07, 6.45) is 1.78. The molecule has 6 nitrogen and oxygen atoms in total. The molecule has 1 amide bonds. The molecule has 0 aliphatic carbocycles. The monoisotopic (exact) mass is 361 g/mol. The van der Waals surface area contributed by atoms with E-state index in [0.29, 0.717) is 5.56 Å². The van der Waals surface area contributed by atoms with Crippen LogP contribution in [0.15, 0.2) is 29.2 Å². The number of carbonyl (C=O) groups is 1. The Morgan fingerprint density at radius 3 is 2.52 bits per heavy atom. The molecule has 0 saturated carbocycles. The van der Waals surface area contributed by atoms with Crippen LogP contribution < -0.4 is 15.4 Å². The molecule has 1 saturated heterocycles. The first kappa shape index (κ1) is 19.9. The second-order valence-electron chi connectivity index (χ2n) is 5.80. The minimum atomic E-state index is -3.59. The topological polar surface area (TPSA) is 87.3 Å². The number of sulfonamides is 1. The molecule has 23 heavy (non-hydrogen) atoms. The second kappa shape index (κ2) is 8.63. The lowest BCUT2D eigenvalue weighted by atomic mass is 10.1. The summed E-state index contributed by atoms with van der Waals surface area (Å²) in [7, 11) is -3.59. The van der Waals surface area contributed by atoms with Crippen molar-refractivity contribution in [3.8, 4) is 0 Å². The molecule has 1 fully saturated rings. The molecule has 0 radical (unpaired) electrons. The summed E-state index contributed by atoms with van der Waals surface area (Å²) >= 11 is 0. The van der Waals surface area contributed by atoms with Crippen molar-refractivity contribution >= 4 is 28.3 Å². The first-order valence-corrected chi connectivity index (χ1v) is 9.01. The van der Waals surface area contributed by atoms with Crippen LogP contribution >= 0.6 is 12.4 Å². The van der Waals surface area contributed by atoms with Crippen LogP contribution in [0, 0.1) is 0 Å². The summed E-state index contributed by atoms with van der Waals surface area (Å²) in [6.45, 7) is 5.28. The average molecular weight is 362 g/mol. The van der Waals surface area contributed by atoms with Crippen LogP contribution in [0.1, 0.15) is 37.0 Å². The van der Waals surface area contributed by atoms with E-state index in [4.69, 9.17) is 0 Å². The summed E-state index contributed by atoms with van der Waals surface area (Å²) < 4.78 is 26.8. The molecular formula is C15H24ClN3O3S. The summed E-state index contributed by atoms with van der Waals surface area (Å²) in [5, 5.41) is 6.20. The van der Waals surface area contributed by atoms with Crippen LogP contribution in [-0.4, -0.2) is 39.5 Å². The highest BCUT2D eigenvalue weighted by Crippen LogP contribution is 2.13. The van der Waals surface area contributed by atoms with E-state index in [1.165, 1.54) is 12.1 Å². The van der Waals surface area contributed by atoms with Crippen molar-refractivity contribution in [3.63, 3.8) is 0 Å². The molecule has 1 aliphatic heterocycles. The van der Waals surface area contributed by atoms with Crippen molar-refractivity contribution in [1.29, 1.82) is 0 Å². The van der Waals surface area contributed by atoms with E-state index in [-0.39, 0.29) is 35.3 Å². The standard InChI is InChI=1S/C15H23N3O3S.ClH/c1-11(2)18-22(20,21)14-5-3-4-12(10-14)15(19)17-13-6-8-16-9-7-13;/h3-5,10-11,13,16,18H,6-9H2,1-2H3,(H,17,19);1H. The Bertz CT molecular complexity index is 629. The lowest BCUT2D eigenvalue weighted by Gasteiger charge is -2.23. The minimum absolute atomic E-state index is 0. The summed E-state index contributed by atoms with van der Waals surface area (Å²) in [6, 6.07) is 6.07. The smallest absolute Gasteiger partial charge is 0.251 e. The van der Waals surface area contributed by atoms with Gasteiger partial charge >= 0.3 is 0 Å². The van der Waals surface area contributed by atoms with Crippen LogP contribution in [0.2, 0.25) is 0 Å². The minimum Gasteiger partial charge on any atom is -0.349 e. The van der Waals surface area contributed by atoms with Gasteiger partial charge in [0, 0.05) is 17.6 Å². The third kappa shape index (κ3) is 5.76. The van der Waals surface area contributed by atoms with Crippen molar-refractivity contribution in [2.24, 2.45) is 0 Å². The van der Waals surface area contributed by atoms with Gasteiger partial charge in [0.2, 0.25) is 10.0 Å². The highest BCUT2D eigenvalue weighted by atomic mass is 35.5. The summed E-state index contributed by atoms with van der Waals surface area (Å²) in [5.74, 6) is -0.228. The number of benzene rings is 1. The van der Waals surface area contributed by atoms with E-state index >= 15 is 0 Å². The van der Waals surface area contributed by atoms with Gasteiger partial charge in [-0.25, -0.2) is 13.1 Å². The number of amides is 1. The maximum absolute atomic E-state index is 12.3. The van der Waals surface area contributed by atoms with Gasteiger partial charge in [-0.05, 0) is 58.0 Å². The quantitative estimate of drug-likeness (QED) is 0.737. The summed E-state index contributed by atoms with van der Waals surface area (Å²) in [5.41, 5.74) is 0.366. The first-order chi connectivity index (χ1) is 10.4. The third-order valence-electron chi connectivity index (χ3n) is 3.47. The van der Waals surface area contributed by atoms with E-state index < -0.39 is 10.0 Å². The molecule has 1 aromatic rings. The molecule has 0 bridgehead atoms. The molecule has 0 atom stereocenters. The number of halogens is 1. The van der Waals surface area contributed by atoms with Gasteiger partial charge in [0.05, 0.1) is 4.90 Å². The fraction of sp³-hybridized carbons (Fsp3) is 0.533. The molecule has 2 rings (SSSR count). The first-order valence-electron chi connectivity index (χ1n) is 7.52. The zero-order chi connectivity index (χ0) is 16.2. The molecule has 1 heterocycles. The molecule has 3 N–H and O–H groups in total. The molecule has 8 heteroatoms. The Hall–Kier alpha value is -1.15. The highest BCUT2D eigenvalue weighted by molar-refractivity contribution is 7.89. The Morgan fingerprint density at radius 2 is 1.91 bits per heavy atom. The molecule has 0 aromatic heterocycles. The number of carbonyl (C=O) groups excluding carboxylic acids is 1. The van der Waals surface area contributed by atoms with Crippen molar-refractivity contribution < 1.29 is 13.2 Å². The molecule has 0 unspecified atom stereocenters. The lowest BCUT2D eigenvalue weighted by molar-refractivity contribution is 0.0929. The van der Waals surface area contributed by atoms with Gasteiger partial charge in [0.15, 0.2) is 0 Å². The average Bonchev–Trinajstić information content (AvgIpc) is 2.47. The predicted molar refractivity (Wildman–Crippen MR) is 92.5 cm³/mol. The Kier molecular flexibility index (Phi) is 7.47. The van der Waals surface area contributed by atoms with E-state index in [1.54, 1.807) is 26.0 Å². The van der Waals surface area contributed by atoms with Gasteiger partial charge in [-0.15, -0.1) is 12.4 Å². The predicted octanol–water partition coefficient (Wildman–Crippen LogP) is 1.28. The van der Waals surface area contributed by atoms with Gasteiger partial charge in [-0.3, -0.25) is 4.79 Å². The van der Waals surface area contributed by atoms with Gasteiger partial charge in [0.25, 0.3) is 5.91 Å². The van der Waals surface area contributed by atoms with Crippen molar-refractivity contribution in [1.82, 2.24) is 15.4 Å². The van der Waals surface area contributed by atoms with E-state index in [1.807, 2.05) is 0 Å². The molecule has 130 valence electrons. The second-order valence-corrected chi connectivity index (χ2v) is 7.52. The fourth-order valence-electron chi connectivity index (χ4n) is 2.42. The van der Waals surface area contributed by atoms with Crippen molar-refractivity contribution in [3.05, 3.63) is 29.8 Å². The number of hydrogen-bond donors (Lipinski definition) is 3. The highest BCUT2D eigenvalue weighted by Gasteiger charge is 2.19. The largest absolute Gasteiger partial charge is 0.349 e. The maximum atomic E-state index is 12.3. The van der Waals surface area contributed by atoms with Crippen LogP contribution in [0.25, 0.3) is 0 Å². The van der Waals surface area contributed by atoms with Crippen molar-refractivity contribution in [2.45, 2.75) is 43.7 Å². The van der Waals surface area contributed by atoms with Crippen LogP contribution in [0.4, 0.5) is 0 Å². The van der Waals surface area contributed by atoms with E-state index in [9.17, 15) is 13.2 Å². The van der Waals surface area contributed by atoms with Gasteiger partial charge in [-0.2, -0.15) is 0 Å². The fourth-order valence-corrected chi connectivity index (χ4v) is 3.71. The number of nitrogens with one attached hydrogen (secondary N) is 3. The zero-order valence-electron chi connectivity index (χ0n) is 13.3. The SMILES string of the molecule is CC(C)NS(=O)(=O)c1cccc(C(=O)NC2CCNCC2)c1.Cl. The van der Waals surface area contributed by atoms with Gasteiger partial charge in [-0.1, -0.05) is 6.07 Å². The zero-order valence-corrected chi connectivity index (χ0v) is 15.0. The van der Waals surface area contributed by atoms with E-state index in [0.717, 1.165) is 25.9 Å². The number of hydrogen-bond acceptors (Lipinski definition) is 4. The lowest BCUT2D eigenvalue weighted by Crippen LogP contribution is -2.42. The molecular weight excluding hydrogens is 338 g/mol. The Labute approximate surface area is 143 Å². The van der Waals surface area contributed by atoms with Gasteiger partial charge in [0.1, 0.15) is 0 Å². The van der Waals surface area contributed by atoms with Crippen LogP contribution in [0.5, 0.6) is 0 Å². The third-order valence-corrected chi connectivity index (χ3v) is 5.13. The Morgan fingerprint density at radius 1 is 1.26 bits per heavy atom. The number of rotatable bonds is 5. The molecule has 0 spiro atoms. The van der Waals surface area contributed by atoms with Crippen molar-refractivity contribution in [2.75, 3.05) is 13.1 Å². The van der Waals surface area contributed by atoms with Crippen LogP contribution in [0.3, 0.4) is 0 Å². The summed E-state index contributed by atoms with van der Waals surface area (Å²) in [4.78, 5) is 12.4. The Balaban J connectivity index is 0.00000264.